The SMILES string of the molecule is c1ccc(C2CNc3cocc3O2)cc1. The Labute approximate surface area is 87.7 Å². The third-order valence-corrected chi connectivity index (χ3v) is 2.54. The van der Waals surface area contributed by atoms with E-state index in [1.54, 1.807) is 12.5 Å². The average molecular weight is 201 g/mol. The van der Waals surface area contributed by atoms with Crippen LogP contribution in [-0.4, -0.2) is 6.54 Å². The third kappa shape index (κ3) is 1.46. The zero-order valence-electron chi connectivity index (χ0n) is 8.14. The number of anilines is 1. The van der Waals surface area contributed by atoms with Gasteiger partial charge in [-0.1, -0.05) is 30.3 Å². The Kier molecular flexibility index (Phi) is 1.88. The first-order chi connectivity index (χ1) is 7.43. The Morgan fingerprint density at radius 2 is 2.00 bits per heavy atom. The molecule has 0 amide bonds. The van der Waals surface area contributed by atoms with Crippen molar-refractivity contribution in [2.75, 3.05) is 11.9 Å². The minimum Gasteiger partial charge on any atom is -0.478 e. The van der Waals surface area contributed by atoms with E-state index in [-0.39, 0.29) is 6.10 Å². The van der Waals surface area contributed by atoms with Crippen LogP contribution in [0.5, 0.6) is 5.75 Å². The van der Waals surface area contributed by atoms with Gasteiger partial charge < -0.3 is 14.5 Å². The zero-order valence-corrected chi connectivity index (χ0v) is 8.14. The molecule has 1 unspecified atom stereocenters. The molecule has 0 fully saturated rings. The molecule has 1 N–H and O–H groups in total. The summed E-state index contributed by atoms with van der Waals surface area (Å²) < 4.78 is 10.9. The number of hydrogen-bond acceptors (Lipinski definition) is 3. The summed E-state index contributed by atoms with van der Waals surface area (Å²) in [4.78, 5) is 0. The first-order valence-corrected chi connectivity index (χ1v) is 4.95. The summed E-state index contributed by atoms with van der Waals surface area (Å²) in [7, 11) is 0. The summed E-state index contributed by atoms with van der Waals surface area (Å²) in [5.74, 6) is 0.787. The van der Waals surface area contributed by atoms with E-state index < -0.39 is 0 Å². The Balaban J connectivity index is 1.88. The van der Waals surface area contributed by atoms with Gasteiger partial charge in [-0.15, -0.1) is 0 Å². The standard InChI is InChI=1S/C12H11NO2/c1-2-4-9(5-3-1)11-6-13-10-7-14-8-12(10)15-11/h1-5,7-8,11,13H,6H2. The van der Waals surface area contributed by atoms with Gasteiger partial charge in [0.1, 0.15) is 24.3 Å². The predicted octanol–water partition coefficient (Wildman–Crippen LogP) is 2.83. The third-order valence-electron chi connectivity index (χ3n) is 2.54. The Morgan fingerprint density at radius 1 is 1.13 bits per heavy atom. The van der Waals surface area contributed by atoms with Crippen LogP contribution in [0.25, 0.3) is 0 Å². The summed E-state index contributed by atoms with van der Waals surface area (Å²) in [6.45, 7) is 0.774. The zero-order chi connectivity index (χ0) is 10.1. The molecule has 2 heterocycles. The molecule has 1 aromatic heterocycles. The molecule has 0 bridgehead atoms. The number of benzene rings is 1. The first-order valence-electron chi connectivity index (χ1n) is 4.95. The monoisotopic (exact) mass is 201 g/mol. The van der Waals surface area contributed by atoms with Crippen LogP contribution in [0.4, 0.5) is 5.69 Å². The number of ether oxygens (including phenoxy) is 1. The predicted molar refractivity (Wildman–Crippen MR) is 57.0 cm³/mol. The summed E-state index contributed by atoms with van der Waals surface area (Å²) in [5, 5.41) is 3.27. The number of furan rings is 1. The molecular weight excluding hydrogens is 190 g/mol. The fourth-order valence-corrected chi connectivity index (χ4v) is 1.76. The van der Waals surface area contributed by atoms with Crippen molar-refractivity contribution in [3.8, 4) is 5.75 Å². The van der Waals surface area contributed by atoms with Gasteiger partial charge in [0.15, 0.2) is 5.75 Å². The van der Waals surface area contributed by atoms with Gasteiger partial charge >= 0.3 is 0 Å². The fourth-order valence-electron chi connectivity index (χ4n) is 1.76. The Bertz CT molecular complexity index is 450. The van der Waals surface area contributed by atoms with E-state index >= 15 is 0 Å². The van der Waals surface area contributed by atoms with E-state index in [2.05, 4.69) is 17.4 Å². The van der Waals surface area contributed by atoms with Crippen molar-refractivity contribution in [1.82, 2.24) is 0 Å². The molecule has 2 aromatic rings. The van der Waals surface area contributed by atoms with Crippen LogP contribution in [0.1, 0.15) is 11.7 Å². The van der Waals surface area contributed by atoms with Gasteiger partial charge in [-0.05, 0) is 5.56 Å². The van der Waals surface area contributed by atoms with Crippen LogP contribution in [0.2, 0.25) is 0 Å². The maximum Gasteiger partial charge on any atom is 0.181 e. The Hall–Kier alpha value is -1.90. The summed E-state index contributed by atoms with van der Waals surface area (Å²) in [6.07, 6.45) is 3.35. The molecule has 15 heavy (non-hydrogen) atoms. The largest absolute Gasteiger partial charge is 0.478 e. The highest BCUT2D eigenvalue weighted by Gasteiger charge is 2.21. The molecule has 3 heteroatoms. The van der Waals surface area contributed by atoms with Crippen LogP contribution in [0.3, 0.4) is 0 Å². The molecule has 1 aromatic carbocycles. The fraction of sp³-hybridized carbons (Fsp3) is 0.167. The number of hydrogen-bond donors (Lipinski definition) is 1. The molecular formula is C12H11NO2. The Morgan fingerprint density at radius 3 is 2.87 bits per heavy atom. The van der Waals surface area contributed by atoms with Gasteiger partial charge in [0.05, 0.1) is 6.54 Å². The van der Waals surface area contributed by atoms with Gasteiger partial charge in [0, 0.05) is 0 Å². The lowest BCUT2D eigenvalue weighted by Gasteiger charge is -2.24. The summed E-state index contributed by atoms with van der Waals surface area (Å²) in [6, 6.07) is 10.2. The van der Waals surface area contributed by atoms with Crippen LogP contribution in [0.15, 0.2) is 47.3 Å². The highest BCUT2D eigenvalue weighted by molar-refractivity contribution is 5.55. The second kappa shape index (κ2) is 3.35. The van der Waals surface area contributed by atoms with Crippen LogP contribution < -0.4 is 10.1 Å². The van der Waals surface area contributed by atoms with Crippen molar-refractivity contribution in [3.63, 3.8) is 0 Å². The minimum absolute atomic E-state index is 0.0660. The molecule has 0 spiro atoms. The van der Waals surface area contributed by atoms with Crippen LogP contribution >= 0.6 is 0 Å². The molecule has 3 rings (SSSR count). The van der Waals surface area contributed by atoms with Crippen molar-refractivity contribution in [2.24, 2.45) is 0 Å². The van der Waals surface area contributed by atoms with Crippen molar-refractivity contribution in [2.45, 2.75) is 6.10 Å². The maximum absolute atomic E-state index is 5.80. The first kappa shape index (κ1) is 8.41. The van der Waals surface area contributed by atoms with E-state index in [1.165, 1.54) is 5.56 Å². The number of fused-ring (bicyclic) bond motifs is 1. The molecule has 1 aliphatic heterocycles. The molecule has 0 aliphatic carbocycles. The second-order valence-corrected chi connectivity index (χ2v) is 3.55. The van der Waals surface area contributed by atoms with E-state index in [1.807, 2.05) is 18.2 Å². The second-order valence-electron chi connectivity index (χ2n) is 3.55. The molecule has 0 saturated heterocycles. The lowest BCUT2D eigenvalue weighted by Crippen LogP contribution is -2.22. The lowest BCUT2D eigenvalue weighted by atomic mass is 10.1. The number of rotatable bonds is 1. The normalized spacial score (nSPS) is 18.8. The van der Waals surface area contributed by atoms with E-state index in [4.69, 9.17) is 9.15 Å². The maximum atomic E-state index is 5.80. The molecule has 0 saturated carbocycles. The smallest absolute Gasteiger partial charge is 0.181 e. The van der Waals surface area contributed by atoms with Gasteiger partial charge in [-0.25, -0.2) is 0 Å². The topological polar surface area (TPSA) is 34.4 Å². The molecule has 0 radical (unpaired) electrons. The quantitative estimate of drug-likeness (QED) is 0.770. The average Bonchev–Trinajstić information content (AvgIpc) is 2.77. The van der Waals surface area contributed by atoms with Crippen LogP contribution in [0, 0.1) is 0 Å². The van der Waals surface area contributed by atoms with Crippen molar-refractivity contribution in [1.29, 1.82) is 0 Å². The minimum atomic E-state index is 0.0660. The molecule has 1 atom stereocenters. The van der Waals surface area contributed by atoms with Gasteiger partial charge in [-0.3, -0.25) is 0 Å². The van der Waals surface area contributed by atoms with Gasteiger partial charge in [-0.2, -0.15) is 0 Å². The van der Waals surface area contributed by atoms with Crippen molar-refractivity contribution in [3.05, 3.63) is 48.4 Å². The van der Waals surface area contributed by atoms with Crippen molar-refractivity contribution >= 4 is 5.69 Å². The molecule has 76 valence electrons. The molecule has 3 nitrogen and oxygen atoms in total. The highest BCUT2D eigenvalue weighted by atomic mass is 16.5. The van der Waals surface area contributed by atoms with Crippen LogP contribution in [-0.2, 0) is 0 Å². The summed E-state index contributed by atoms with van der Waals surface area (Å²) in [5.41, 5.74) is 2.11. The van der Waals surface area contributed by atoms with Crippen molar-refractivity contribution < 1.29 is 9.15 Å². The van der Waals surface area contributed by atoms with Gasteiger partial charge in [0.25, 0.3) is 0 Å². The lowest BCUT2D eigenvalue weighted by molar-refractivity contribution is 0.209. The van der Waals surface area contributed by atoms with E-state index in [0.717, 1.165) is 18.0 Å². The van der Waals surface area contributed by atoms with E-state index in [9.17, 15) is 0 Å². The number of nitrogens with one attached hydrogen (secondary N) is 1. The summed E-state index contributed by atoms with van der Waals surface area (Å²) >= 11 is 0. The van der Waals surface area contributed by atoms with E-state index in [0.29, 0.717) is 0 Å². The highest BCUT2D eigenvalue weighted by Crippen LogP contribution is 2.34. The molecule has 1 aliphatic rings. The van der Waals surface area contributed by atoms with Gasteiger partial charge in [0.2, 0.25) is 0 Å².